The number of halogens is 7. The molecule has 0 saturated carbocycles. The predicted molar refractivity (Wildman–Crippen MR) is 368 cm³/mol. The Morgan fingerprint density at radius 3 is 1.19 bits per heavy atom. The Labute approximate surface area is 663 Å². The molecule has 20 aromatic rings. The molecule has 0 unspecified atom stereocenters. The number of nitrogens with zero attached hydrogens (tertiary/aromatic N) is 10. The van der Waals surface area contributed by atoms with Crippen LogP contribution in [-0.4, -0.2) is 48.9 Å². The first kappa shape index (κ1) is 77.1. The Morgan fingerprint density at radius 1 is 0.311 bits per heavy atom. The zero-order valence-electron chi connectivity index (χ0n) is 54.4. The van der Waals surface area contributed by atoms with Crippen molar-refractivity contribution >= 4 is 110 Å². The Bertz CT molecular complexity index is 6180. The van der Waals surface area contributed by atoms with Crippen LogP contribution in [0.3, 0.4) is 0 Å². The molecular formula is C79H46F7Ir5N10O5-5. The van der Waals surface area contributed by atoms with Gasteiger partial charge in [0.05, 0.1) is 5.56 Å². The second kappa shape index (κ2) is 32.0. The van der Waals surface area contributed by atoms with Crippen molar-refractivity contribution < 1.29 is 153 Å². The van der Waals surface area contributed by atoms with Crippen LogP contribution in [0.1, 0.15) is 22.3 Å². The van der Waals surface area contributed by atoms with Crippen molar-refractivity contribution in [1.82, 2.24) is 48.9 Å². The molecule has 0 amide bonds. The van der Waals surface area contributed by atoms with Gasteiger partial charge < -0.3 is 22.1 Å². The SMILES string of the molecule is Cc1ccc2c(c1)oc1c(-n3cccn3)[c-]ccc12.Cc1ccc2oc3c(-n4cccn4)[c-]ccc3c2c1.FC(F)(F)c1c[c-]c(-n2cccn2)c2oc3ccccc3c12.FC(F)(F)c1cccc2oc3c(-n4cccn4)[c-]ccc3c12.Fc1ccc2oc3c(-n4cccn4)[c-]ccc3c2c1.[Ir].[Ir].[Ir].[Ir].[Ir]. The van der Waals surface area contributed by atoms with E-state index in [9.17, 15) is 30.7 Å². The molecule has 0 aliphatic carbocycles. The van der Waals surface area contributed by atoms with Gasteiger partial charge in [-0.05, 0) is 138 Å². The first-order chi connectivity index (χ1) is 49.1. The number of fused-ring (bicyclic) bond motifs is 15. The predicted octanol–water partition coefficient (Wildman–Crippen LogP) is 20.6. The summed E-state index contributed by atoms with van der Waals surface area (Å²) < 4.78 is 130. The van der Waals surface area contributed by atoms with Gasteiger partial charge in [-0.3, -0.25) is 23.4 Å². The van der Waals surface area contributed by atoms with E-state index < -0.39 is 23.5 Å². The molecule has 10 aromatic heterocycles. The van der Waals surface area contributed by atoms with Gasteiger partial charge in [-0.15, -0.1) is 0 Å². The third-order valence-electron chi connectivity index (χ3n) is 16.7. The molecule has 0 bridgehead atoms. The summed E-state index contributed by atoms with van der Waals surface area (Å²) in [6.45, 7) is 4.15. The van der Waals surface area contributed by atoms with Crippen molar-refractivity contribution in [3.05, 3.63) is 302 Å². The average molecular weight is 2310 g/mol. The second-order valence-electron chi connectivity index (χ2n) is 23.1. The van der Waals surface area contributed by atoms with Gasteiger partial charge in [-0.25, -0.2) is 4.39 Å². The third kappa shape index (κ3) is 14.9. The molecule has 0 spiro atoms. The van der Waals surface area contributed by atoms with Crippen LogP contribution in [-0.2, 0) is 113 Å². The largest absolute Gasteiger partial charge is 0.513 e. The number of alkyl halides is 6. The molecule has 10 heterocycles. The quantitative estimate of drug-likeness (QED) is 0.120. The Hall–Kier alpha value is -9.99. The fourth-order valence-electron chi connectivity index (χ4n) is 12.2. The van der Waals surface area contributed by atoms with Crippen LogP contribution >= 0.6 is 0 Å². The van der Waals surface area contributed by atoms with Gasteiger partial charge in [0.15, 0.2) is 0 Å². The molecule has 0 fully saturated rings. The Balaban J connectivity index is 0.000000131. The van der Waals surface area contributed by atoms with Gasteiger partial charge in [-0.2, -0.15) is 137 Å². The minimum atomic E-state index is -4.48. The number of furan rings is 5. The normalized spacial score (nSPS) is 11.3. The van der Waals surface area contributed by atoms with E-state index in [2.05, 4.69) is 100 Å². The van der Waals surface area contributed by atoms with Gasteiger partial charge in [0.1, 0.15) is 33.7 Å². The standard InChI is InChI=1S/2C16H8F3N2O.2C16H11N2O.C15H8FN2O.5Ir/c17-16(18,19)11-5-2-7-13-14(11)10-4-1-6-12(15(10)22-13)21-9-3-8-20-21;17-16(18,19)11-6-7-12(21-9-3-8-20-21)15-14(11)10-4-1-2-5-13(10)22-15;1-11-6-7-12-13-4-2-5-14(18-9-3-8-17-18)16(13)19-15(12)10-11;1-11-6-7-15-13(10-11)12-4-2-5-14(16(12)19-15)18-9-3-8-17-18;16-10-5-6-14-12(9-10)11-3-1-4-13(15(11)19-14)18-8-2-7-17-18;;;;;/h1-5,7-9H;1-6,8-9H;2*2-4,6-10H,1H3;1-3,5-9H;;;;;/q5*-1;;;;;. The summed E-state index contributed by atoms with van der Waals surface area (Å²) >= 11 is 0. The molecule has 541 valence electrons. The molecule has 0 N–H and O–H groups in total. The number of para-hydroxylation sites is 1. The molecular weight excluding hydrogens is 2260 g/mol. The Morgan fingerprint density at radius 2 is 0.698 bits per heavy atom. The van der Waals surface area contributed by atoms with Crippen molar-refractivity contribution in [2.75, 3.05) is 0 Å². The van der Waals surface area contributed by atoms with Crippen LogP contribution in [0.2, 0.25) is 0 Å². The number of rotatable bonds is 5. The van der Waals surface area contributed by atoms with E-state index >= 15 is 0 Å². The maximum Gasteiger partial charge on any atom is 0.417 e. The number of hydrogen-bond donors (Lipinski definition) is 0. The van der Waals surface area contributed by atoms with Crippen molar-refractivity contribution in [2.24, 2.45) is 0 Å². The minimum absolute atomic E-state index is 0. The zero-order valence-corrected chi connectivity index (χ0v) is 66.4. The molecule has 5 radical (unpaired) electrons. The molecule has 10 aromatic carbocycles. The van der Waals surface area contributed by atoms with E-state index in [-0.39, 0.29) is 128 Å². The van der Waals surface area contributed by atoms with Crippen LogP contribution in [0.15, 0.2) is 266 Å². The zero-order chi connectivity index (χ0) is 69.1. The summed E-state index contributed by atoms with van der Waals surface area (Å²) in [5, 5.41) is 27.8. The monoisotopic (exact) mass is 2310 g/mol. The summed E-state index contributed by atoms with van der Waals surface area (Å²) in [5.41, 5.74) is 10.0. The fraction of sp³-hybridized carbons (Fsp3) is 0.0506. The molecule has 20 rings (SSSR count). The van der Waals surface area contributed by atoms with Crippen LogP contribution in [0.4, 0.5) is 30.7 Å². The number of benzene rings is 10. The molecule has 15 nitrogen and oxygen atoms in total. The summed E-state index contributed by atoms with van der Waals surface area (Å²) in [6.07, 6.45) is 8.30. The second-order valence-corrected chi connectivity index (χ2v) is 23.1. The van der Waals surface area contributed by atoms with Crippen molar-refractivity contribution in [3.63, 3.8) is 0 Å². The van der Waals surface area contributed by atoms with Gasteiger partial charge in [0.2, 0.25) is 0 Å². The first-order valence-corrected chi connectivity index (χ1v) is 31.2. The molecule has 0 atom stereocenters. The van der Waals surface area contributed by atoms with Gasteiger partial charge in [0.25, 0.3) is 0 Å². The molecule has 0 aliphatic heterocycles. The van der Waals surface area contributed by atoms with E-state index in [1.165, 1.54) is 44.8 Å². The first-order valence-electron chi connectivity index (χ1n) is 31.2. The van der Waals surface area contributed by atoms with E-state index in [1.54, 1.807) is 118 Å². The molecule has 106 heavy (non-hydrogen) atoms. The topological polar surface area (TPSA) is 155 Å². The summed E-state index contributed by atoms with van der Waals surface area (Å²) in [6, 6.07) is 67.3. The van der Waals surface area contributed by atoms with Crippen LogP contribution in [0.5, 0.6) is 0 Å². The van der Waals surface area contributed by atoms with Crippen LogP contribution in [0.25, 0.3) is 138 Å². The van der Waals surface area contributed by atoms with Crippen molar-refractivity contribution in [2.45, 2.75) is 26.2 Å². The summed E-state index contributed by atoms with van der Waals surface area (Å²) in [5.74, 6) is -0.274. The maximum atomic E-state index is 13.3. The minimum Gasteiger partial charge on any atom is -0.513 e. The smallest absolute Gasteiger partial charge is 0.417 e. The fourth-order valence-corrected chi connectivity index (χ4v) is 12.2. The molecule has 27 heteroatoms. The van der Waals surface area contributed by atoms with Crippen LogP contribution in [0, 0.1) is 50.0 Å². The number of hydrogen-bond acceptors (Lipinski definition) is 10. The van der Waals surface area contributed by atoms with Gasteiger partial charge in [0, 0.05) is 217 Å². The summed E-state index contributed by atoms with van der Waals surface area (Å²) in [7, 11) is 0. The summed E-state index contributed by atoms with van der Waals surface area (Å²) in [4.78, 5) is 0. The number of aryl methyl sites for hydroxylation is 2. The van der Waals surface area contributed by atoms with E-state index in [0.29, 0.717) is 44.5 Å². The molecule has 0 aliphatic rings. The van der Waals surface area contributed by atoms with E-state index in [4.69, 9.17) is 22.1 Å². The van der Waals surface area contributed by atoms with Gasteiger partial charge >= 0.3 is 12.4 Å². The van der Waals surface area contributed by atoms with Crippen LogP contribution < -0.4 is 0 Å². The van der Waals surface area contributed by atoms with Gasteiger partial charge in [-0.1, -0.05) is 75.0 Å². The molecule has 0 saturated heterocycles. The maximum absolute atomic E-state index is 13.3. The van der Waals surface area contributed by atoms with E-state index in [0.717, 1.165) is 83.8 Å². The van der Waals surface area contributed by atoms with Crippen molar-refractivity contribution in [1.29, 1.82) is 0 Å². The number of aromatic nitrogens is 10. The van der Waals surface area contributed by atoms with Crippen molar-refractivity contribution in [3.8, 4) is 28.4 Å². The third-order valence-corrected chi connectivity index (χ3v) is 16.7. The van der Waals surface area contributed by atoms with E-state index in [1.807, 2.05) is 73.2 Å². The average Bonchev–Trinajstić information content (AvgIpc) is 1.61. The Kier molecular flexibility index (Phi) is 23.3.